The number of carbonyl (C=O) groups is 1. The lowest BCUT2D eigenvalue weighted by molar-refractivity contribution is -0.383. The van der Waals surface area contributed by atoms with E-state index >= 15 is 0 Å². The number of aryl methyl sites for hydroxylation is 1. The van der Waals surface area contributed by atoms with Crippen LogP contribution in [0.15, 0.2) is 48.5 Å². The number of rotatable bonds is 6. The molecule has 6 heteroatoms. The van der Waals surface area contributed by atoms with E-state index < -0.39 is 4.92 Å². The fourth-order valence-corrected chi connectivity index (χ4v) is 4.05. The second kappa shape index (κ2) is 7.39. The van der Waals surface area contributed by atoms with E-state index in [-0.39, 0.29) is 24.2 Å². The number of carbonyl (C=O) groups excluding carboxylic acids is 1. The molecule has 0 radical (unpaired) electrons. The topological polar surface area (TPSA) is 75.5 Å². The zero-order chi connectivity index (χ0) is 18.8. The van der Waals surface area contributed by atoms with Gasteiger partial charge in [-0.3, -0.25) is 14.9 Å². The van der Waals surface area contributed by atoms with Crippen molar-refractivity contribution in [3.8, 4) is 0 Å². The van der Waals surface area contributed by atoms with Gasteiger partial charge >= 0.3 is 0 Å². The minimum atomic E-state index is -0.428. The first kappa shape index (κ1) is 17.5. The summed E-state index contributed by atoms with van der Waals surface area (Å²) in [7, 11) is 0. The largest absolute Gasteiger partial charge is 0.371 e. The number of nitro benzene ring substituents is 1. The summed E-state index contributed by atoms with van der Waals surface area (Å²) >= 11 is 0. The number of nitro groups is 1. The van der Waals surface area contributed by atoms with Gasteiger partial charge in [-0.15, -0.1) is 0 Å². The van der Waals surface area contributed by atoms with E-state index in [2.05, 4.69) is 23.5 Å². The molecule has 1 unspecified atom stereocenters. The molecule has 1 fully saturated rings. The molecule has 0 aliphatic heterocycles. The maximum atomic E-state index is 13.1. The molecule has 1 atom stereocenters. The van der Waals surface area contributed by atoms with Crippen molar-refractivity contribution < 1.29 is 9.72 Å². The van der Waals surface area contributed by atoms with Gasteiger partial charge in [0.25, 0.3) is 5.69 Å². The van der Waals surface area contributed by atoms with Crippen LogP contribution in [-0.2, 0) is 11.2 Å². The fourth-order valence-electron chi connectivity index (χ4n) is 4.05. The lowest BCUT2D eigenvalue weighted by Gasteiger charge is -2.36. The molecule has 0 heterocycles. The van der Waals surface area contributed by atoms with Gasteiger partial charge in [0, 0.05) is 12.1 Å². The van der Waals surface area contributed by atoms with Crippen LogP contribution in [0.1, 0.15) is 42.9 Å². The molecular weight excluding hydrogens is 342 g/mol. The number of hydrogen-bond acceptors (Lipinski definition) is 4. The van der Waals surface area contributed by atoms with E-state index in [1.165, 1.54) is 17.2 Å². The predicted molar refractivity (Wildman–Crippen MR) is 104 cm³/mol. The Bertz CT molecular complexity index is 863. The van der Waals surface area contributed by atoms with Crippen molar-refractivity contribution in [1.82, 2.24) is 4.90 Å². The second-order valence-electron chi connectivity index (χ2n) is 7.27. The number of benzene rings is 2. The third-order valence-corrected chi connectivity index (χ3v) is 5.43. The average Bonchev–Trinajstić information content (AvgIpc) is 3.52. The van der Waals surface area contributed by atoms with Gasteiger partial charge in [0.15, 0.2) is 0 Å². The minimum Gasteiger partial charge on any atom is -0.371 e. The van der Waals surface area contributed by atoms with E-state index in [4.69, 9.17) is 0 Å². The van der Waals surface area contributed by atoms with Crippen LogP contribution in [0.5, 0.6) is 0 Å². The maximum absolute atomic E-state index is 13.1. The Morgan fingerprint density at radius 1 is 1.11 bits per heavy atom. The predicted octanol–water partition coefficient (Wildman–Crippen LogP) is 4.08. The molecule has 4 rings (SSSR count). The van der Waals surface area contributed by atoms with Crippen LogP contribution < -0.4 is 5.32 Å². The molecular formula is C21H23N3O3. The summed E-state index contributed by atoms with van der Waals surface area (Å²) in [5.41, 5.74) is 2.97. The van der Waals surface area contributed by atoms with E-state index in [1.54, 1.807) is 18.2 Å². The zero-order valence-corrected chi connectivity index (χ0v) is 15.1. The van der Waals surface area contributed by atoms with Gasteiger partial charge in [-0.2, -0.15) is 0 Å². The Balaban J connectivity index is 1.53. The summed E-state index contributed by atoms with van der Waals surface area (Å²) < 4.78 is 0. The number of amides is 1. The van der Waals surface area contributed by atoms with Gasteiger partial charge in [0.1, 0.15) is 5.69 Å². The third kappa shape index (κ3) is 3.65. The first-order chi connectivity index (χ1) is 13.1. The van der Waals surface area contributed by atoms with E-state index in [1.807, 2.05) is 11.0 Å². The number of para-hydroxylation sites is 2. The van der Waals surface area contributed by atoms with Crippen LogP contribution in [0.4, 0.5) is 11.4 Å². The summed E-state index contributed by atoms with van der Waals surface area (Å²) in [5.74, 6) is 0.0114. The van der Waals surface area contributed by atoms with Gasteiger partial charge < -0.3 is 10.2 Å². The van der Waals surface area contributed by atoms with Gasteiger partial charge in [0.2, 0.25) is 5.91 Å². The van der Waals surface area contributed by atoms with Crippen LogP contribution in [0, 0.1) is 10.1 Å². The van der Waals surface area contributed by atoms with E-state index in [0.717, 1.165) is 32.1 Å². The molecule has 0 aromatic heterocycles. The highest BCUT2D eigenvalue weighted by Crippen LogP contribution is 2.40. The molecule has 0 saturated heterocycles. The first-order valence-corrected chi connectivity index (χ1v) is 9.51. The van der Waals surface area contributed by atoms with Crippen LogP contribution in [-0.4, -0.2) is 28.3 Å². The van der Waals surface area contributed by atoms with Crippen molar-refractivity contribution in [2.24, 2.45) is 0 Å². The summed E-state index contributed by atoms with van der Waals surface area (Å²) in [5, 5.41) is 14.2. The molecule has 27 heavy (non-hydrogen) atoms. The summed E-state index contributed by atoms with van der Waals surface area (Å²) in [6.45, 7) is 0.0695. The molecule has 140 valence electrons. The van der Waals surface area contributed by atoms with Crippen molar-refractivity contribution in [2.75, 3.05) is 11.9 Å². The van der Waals surface area contributed by atoms with Crippen LogP contribution in [0.3, 0.4) is 0 Å². The smallest absolute Gasteiger partial charge is 0.292 e. The molecule has 2 aliphatic carbocycles. The van der Waals surface area contributed by atoms with Crippen molar-refractivity contribution in [3.63, 3.8) is 0 Å². The molecule has 2 aromatic rings. The summed E-state index contributed by atoms with van der Waals surface area (Å²) in [6.07, 6.45) is 5.19. The van der Waals surface area contributed by atoms with Crippen LogP contribution >= 0.6 is 0 Å². The highest BCUT2D eigenvalue weighted by Gasteiger charge is 2.39. The Labute approximate surface area is 158 Å². The number of nitrogens with zero attached hydrogens (tertiary/aromatic N) is 2. The summed E-state index contributed by atoms with van der Waals surface area (Å²) in [4.78, 5) is 25.9. The molecule has 0 bridgehead atoms. The Morgan fingerprint density at radius 3 is 2.63 bits per heavy atom. The number of nitrogens with one attached hydrogen (secondary N) is 1. The van der Waals surface area contributed by atoms with Gasteiger partial charge in [-0.25, -0.2) is 0 Å². The fraction of sp³-hybridized carbons (Fsp3) is 0.381. The first-order valence-electron chi connectivity index (χ1n) is 9.51. The van der Waals surface area contributed by atoms with Gasteiger partial charge in [-0.1, -0.05) is 36.4 Å². The number of hydrogen-bond donors (Lipinski definition) is 1. The second-order valence-corrected chi connectivity index (χ2v) is 7.27. The van der Waals surface area contributed by atoms with Gasteiger partial charge in [0.05, 0.1) is 17.5 Å². The molecule has 1 saturated carbocycles. The third-order valence-electron chi connectivity index (χ3n) is 5.43. The molecule has 2 aromatic carbocycles. The highest BCUT2D eigenvalue weighted by molar-refractivity contribution is 5.83. The Kier molecular flexibility index (Phi) is 4.79. The van der Waals surface area contributed by atoms with Crippen molar-refractivity contribution in [1.29, 1.82) is 0 Å². The Hall–Kier alpha value is -2.89. The monoisotopic (exact) mass is 365 g/mol. The highest BCUT2D eigenvalue weighted by atomic mass is 16.6. The van der Waals surface area contributed by atoms with Gasteiger partial charge in [-0.05, 0) is 49.3 Å². The maximum Gasteiger partial charge on any atom is 0.292 e. The summed E-state index contributed by atoms with van der Waals surface area (Å²) in [6, 6.07) is 15.2. The van der Waals surface area contributed by atoms with Crippen molar-refractivity contribution in [3.05, 3.63) is 69.8 Å². The van der Waals surface area contributed by atoms with E-state index in [0.29, 0.717) is 11.7 Å². The Morgan fingerprint density at radius 2 is 1.85 bits per heavy atom. The lowest BCUT2D eigenvalue weighted by Crippen LogP contribution is -2.41. The SMILES string of the molecule is O=C(CNc1ccccc1[N+](=O)[O-])N(C1CC1)C1CCCc2ccccc21. The van der Waals surface area contributed by atoms with Crippen molar-refractivity contribution in [2.45, 2.75) is 44.2 Å². The lowest BCUT2D eigenvalue weighted by atomic mass is 9.86. The molecule has 6 nitrogen and oxygen atoms in total. The zero-order valence-electron chi connectivity index (χ0n) is 15.1. The number of anilines is 1. The van der Waals surface area contributed by atoms with Crippen LogP contribution in [0.2, 0.25) is 0 Å². The molecule has 2 aliphatic rings. The average molecular weight is 365 g/mol. The molecule has 0 spiro atoms. The molecule has 1 N–H and O–H groups in total. The molecule has 1 amide bonds. The standard InChI is InChI=1S/C21H23N3O3/c25-21(14-22-18-9-3-4-10-20(18)24(26)27)23(16-12-13-16)19-11-5-7-15-6-1-2-8-17(15)19/h1-4,6,8-10,16,19,22H,5,7,11-14H2. The van der Waals surface area contributed by atoms with Crippen molar-refractivity contribution >= 4 is 17.3 Å². The normalized spacial score (nSPS) is 18.4. The minimum absolute atomic E-state index is 0.00807. The van der Waals surface area contributed by atoms with Crippen LogP contribution in [0.25, 0.3) is 0 Å². The quantitative estimate of drug-likeness (QED) is 0.618. The number of fused-ring (bicyclic) bond motifs is 1. The van der Waals surface area contributed by atoms with E-state index in [9.17, 15) is 14.9 Å².